The number of hydrogen-bond acceptors (Lipinski definition) is 5. The van der Waals surface area contributed by atoms with Gasteiger partial charge in [0.05, 0.1) is 16.3 Å². The highest BCUT2D eigenvalue weighted by Gasteiger charge is 2.15. The predicted molar refractivity (Wildman–Crippen MR) is 65.4 cm³/mol. The summed E-state index contributed by atoms with van der Waals surface area (Å²) in [6.45, 7) is 1.55. The van der Waals surface area contributed by atoms with Gasteiger partial charge in [-0.1, -0.05) is 16.8 Å². The van der Waals surface area contributed by atoms with Crippen LogP contribution in [0.5, 0.6) is 0 Å². The highest BCUT2D eigenvalue weighted by atomic mass is 35.5. The summed E-state index contributed by atoms with van der Waals surface area (Å²) in [4.78, 5) is 26.2. The van der Waals surface area contributed by atoms with E-state index in [1.165, 1.54) is 18.2 Å². The fraction of sp³-hybridized carbons (Fsp3) is 0.0909. The first kappa shape index (κ1) is 13.0. The van der Waals surface area contributed by atoms with Crippen molar-refractivity contribution in [3.63, 3.8) is 0 Å². The molecular weight excluding hydrogens is 274 g/mol. The highest BCUT2D eigenvalue weighted by Crippen LogP contribution is 2.23. The molecule has 0 fully saturated rings. The Morgan fingerprint density at radius 2 is 2.16 bits per heavy atom. The number of benzene rings is 1. The minimum atomic E-state index is -1.10. The van der Waals surface area contributed by atoms with E-state index < -0.39 is 11.9 Å². The third kappa shape index (κ3) is 2.89. The average molecular weight is 282 g/mol. The number of carboxylic acid groups (broad SMARTS) is 1. The van der Waals surface area contributed by atoms with Crippen molar-refractivity contribution in [3.05, 3.63) is 40.5 Å². The van der Waals surface area contributed by atoms with Crippen LogP contribution in [-0.4, -0.2) is 27.1 Å². The molecule has 0 saturated carbocycles. The third-order valence-corrected chi connectivity index (χ3v) is 2.51. The second kappa shape index (κ2) is 5.07. The van der Waals surface area contributed by atoms with E-state index in [4.69, 9.17) is 16.7 Å². The molecule has 0 unspecified atom stereocenters. The van der Waals surface area contributed by atoms with Gasteiger partial charge in [-0.25, -0.2) is 4.79 Å². The number of rotatable bonds is 3. The van der Waals surface area contributed by atoms with Crippen molar-refractivity contribution < 1.29 is 19.2 Å². The van der Waals surface area contributed by atoms with Gasteiger partial charge in [-0.15, -0.1) is 0 Å². The average Bonchev–Trinajstić information content (AvgIpc) is 2.78. The molecule has 0 radical (unpaired) electrons. The van der Waals surface area contributed by atoms with Crippen molar-refractivity contribution in [1.82, 2.24) is 10.1 Å². The first-order chi connectivity index (χ1) is 8.97. The van der Waals surface area contributed by atoms with Crippen LogP contribution in [0, 0.1) is 6.92 Å². The van der Waals surface area contributed by atoms with E-state index in [-0.39, 0.29) is 28.0 Å². The molecule has 19 heavy (non-hydrogen) atoms. The fourth-order valence-electron chi connectivity index (χ4n) is 1.32. The van der Waals surface area contributed by atoms with E-state index in [2.05, 4.69) is 20.0 Å². The van der Waals surface area contributed by atoms with E-state index in [1.807, 2.05) is 0 Å². The maximum absolute atomic E-state index is 11.7. The number of carbonyl (C=O) groups excluding carboxylic acids is 1. The Hall–Kier alpha value is -2.41. The molecule has 0 atom stereocenters. The highest BCUT2D eigenvalue weighted by molar-refractivity contribution is 6.34. The van der Waals surface area contributed by atoms with Crippen molar-refractivity contribution >= 4 is 29.2 Å². The van der Waals surface area contributed by atoms with Crippen molar-refractivity contribution in [2.75, 3.05) is 5.32 Å². The van der Waals surface area contributed by atoms with Gasteiger partial charge in [0.15, 0.2) is 0 Å². The molecule has 0 aliphatic heterocycles. The van der Waals surface area contributed by atoms with Crippen LogP contribution in [0.3, 0.4) is 0 Å². The van der Waals surface area contributed by atoms with Gasteiger partial charge in [0.1, 0.15) is 0 Å². The van der Waals surface area contributed by atoms with Crippen LogP contribution in [0.1, 0.15) is 26.9 Å². The van der Waals surface area contributed by atoms with E-state index in [0.717, 1.165) is 0 Å². The summed E-state index contributed by atoms with van der Waals surface area (Å²) in [6, 6.07) is 3.95. The molecule has 2 aromatic rings. The van der Waals surface area contributed by atoms with E-state index in [9.17, 15) is 9.59 Å². The summed E-state index contributed by atoms with van der Waals surface area (Å²) in [5, 5.41) is 14.8. The molecule has 1 aromatic carbocycles. The zero-order valence-corrected chi connectivity index (χ0v) is 10.4. The smallest absolute Gasteiger partial charge is 0.335 e. The van der Waals surface area contributed by atoms with Crippen molar-refractivity contribution in [3.8, 4) is 0 Å². The minimum absolute atomic E-state index is 0.0263. The van der Waals surface area contributed by atoms with E-state index >= 15 is 0 Å². The van der Waals surface area contributed by atoms with Gasteiger partial charge >= 0.3 is 5.97 Å². The number of carbonyl (C=O) groups is 2. The molecule has 2 rings (SSSR count). The number of amides is 1. The van der Waals surface area contributed by atoms with Gasteiger partial charge in [0.2, 0.25) is 5.89 Å². The molecule has 0 spiro atoms. The van der Waals surface area contributed by atoms with Crippen LogP contribution in [0.15, 0.2) is 22.7 Å². The van der Waals surface area contributed by atoms with Gasteiger partial charge in [0, 0.05) is 6.92 Å². The summed E-state index contributed by atoms with van der Waals surface area (Å²) in [5.41, 5.74) is 0.289. The molecule has 8 heteroatoms. The lowest BCUT2D eigenvalue weighted by Gasteiger charge is -2.05. The molecule has 1 heterocycles. The monoisotopic (exact) mass is 281 g/mol. The molecule has 0 aliphatic carbocycles. The van der Waals surface area contributed by atoms with Crippen LogP contribution < -0.4 is 5.32 Å². The zero-order chi connectivity index (χ0) is 14.0. The number of aromatic nitrogens is 2. The number of aromatic carboxylic acids is 1. The molecule has 7 nitrogen and oxygen atoms in total. The molecule has 98 valence electrons. The molecule has 0 aliphatic rings. The first-order valence-corrected chi connectivity index (χ1v) is 5.49. The fourth-order valence-corrected chi connectivity index (χ4v) is 1.55. The Kier molecular flexibility index (Phi) is 3.48. The predicted octanol–water partition coefficient (Wildman–Crippen LogP) is 1.98. The van der Waals surface area contributed by atoms with Crippen LogP contribution in [0.4, 0.5) is 5.69 Å². The van der Waals surface area contributed by atoms with Gasteiger partial charge in [-0.05, 0) is 18.2 Å². The Morgan fingerprint density at radius 3 is 2.68 bits per heavy atom. The largest absolute Gasteiger partial charge is 0.478 e. The lowest BCUT2D eigenvalue weighted by molar-refractivity contribution is 0.0696. The van der Waals surface area contributed by atoms with Crippen molar-refractivity contribution in [2.24, 2.45) is 0 Å². The summed E-state index contributed by atoms with van der Waals surface area (Å²) < 4.78 is 4.67. The molecule has 0 bridgehead atoms. The Morgan fingerprint density at radius 1 is 1.42 bits per heavy atom. The number of carboxylic acids is 1. The minimum Gasteiger partial charge on any atom is -0.478 e. The Labute approximate surface area is 112 Å². The Bertz CT molecular complexity index is 653. The Balaban J connectivity index is 2.20. The maximum Gasteiger partial charge on any atom is 0.335 e. The molecule has 2 N–H and O–H groups in total. The zero-order valence-electron chi connectivity index (χ0n) is 9.68. The lowest BCUT2D eigenvalue weighted by atomic mass is 10.2. The topological polar surface area (TPSA) is 105 Å². The number of hydrogen-bond donors (Lipinski definition) is 2. The quantitative estimate of drug-likeness (QED) is 0.891. The number of halogens is 1. The van der Waals surface area contributed by atoms with Crippen LogP contribution in [-0.2, 0) is 0 Å². The molecule has 1 aromatic heterocycles. The summed E-state index contributed by atoms with van der Waals surface area (Å²) in [5.74, 6) is -1.57. The van der Waals surface area contributed by atoms with Crippen LogP contribution in [0.2, 0.25) is 5.02 Å². The van der Waals surface area contributed by atoms with Crippen molar-refractivity contribution in [1.29, 1.82) is 0 Å². The number of aryl methyl sites for hydroxylation is 1. The SMILES string of the molecule is Cc1nc(C(=O)Nc2ccc(C(=O)O)cc2Cl)no1. The van der Waals surface area contributed by atoms with Crippen molar-refractivity contribution in [2.45, 2.75) is 6.92 Å². The van der Waals surface area contributed by atoms with Gasteiger partial charge in [-0.3, -0.25) is 4.79 Å². The lowest BCUT2D eigenvalue weighted by Crippen LogP contribution is -2.14. The molecule has 1 amide bonds. The van der Waals surface area contributed by atoms with Gasteiger partial charge in [-0.2, -0.15) is 4.98 Å². The maximum atomic E-state index is 11.7. The van der Waals surface area contributed by atoms with Crippen LogP contribution >= 0.6 is 11.6 Å². The molecular formula is C11H8ClN3O4. The number of anilines is 1. The normalized spacial score (nSPS) is 10.2. The summed E-state index contributed by atoms with van der Waals surface area (Å²) >= 11 is 5.87. The van der Waals surface area contributed by atoms with Gasteiger partial charge < -0.3 is 14.9 Å². The second-order valence-corrected chi connectivity index (χ2v) is 4.00. The van der Waals surface area contributed by atoms with E-state index in [0.29, 0.717) is 0 Å². The van der Waals surface area contributed by atoms with Crippen LogP contribution in [0.25, 0.3) is 0 Å². The number of nitrogens with zero attached hydrogens (tertiary/aromatic N) is 2. The van der Waals surface area contributed by atoms with Gasteiger partial charge in [0.25, 0.3) is 11.7 Å². The third-order valence-electron chi connectivity index (χ3n) is 2.19. The standard InChI is InChI=1S/C11H8ClN3O4/c1-5-13-9(15-19-5)10(16)14-8-3-2-6(11(17)18)4-7(8)12/h2-4H,1H3,(H,14,16)(H,17,18). The summed E-state index contributed by atoms with van der Waals surface area (Å²) in [7, 11) is 0. The summed E-state index contributed by atoms with van der Waals surface area (Å²) in [6.07, 6.45) is 0. The first-order valence-electron chi connectivity index (χ1n) is 5.12. The molecule has 0 saturated heterocycles. The second-order valence-electron chi connectivity index (χ2n) is 3.59. The number of nitrogens with one attached hydrogen (secondary N) is 1. The van der Waals surface area contributed by atoms with E-state index in [1.54, 1.807) is 6.92 Å².